The quantitative estimate of drug-likeness (QED) is 0.850. The number of para-hydroxylation sites is 2. The van der Waals surface area contributed by atoms with Gasteiger partial charge in [-0.1, -0.05) is 18.2 Å². The zero-order chi connectivity index (χ0) is 18.7. The second kappa shape index (κ2) is 7.43. The van der Waals surface area contributed by atoms with Gasteiger partial charge in [0.1, 0.15) is 12.4 Å². The highest BCUT2D eigenvalue weighted by Crippen LogP contribution is 2.31. The number of fused-ring (bicyclic) bond motifs is 1. The Balaban J connectivity index is 1.57. The van der Waals surface area contributed by atoms with Crippen molar-refractivity contribution >= 4 is 17.6 Å². The Hall–Kier alpha value is -3.09. The number of carbonyl (C=O) groups is 2. The van der Waals surface area contributed by atoms with Crippen LogP contribution in [0, 0.1) is 12.7 Å². The molecule has 1 aliphatic rings. The summed E-state index contributed by atoms with van der Waals surface area (Å²) in [6.07, 6.45) is -2.04. The van der Waals surface area contributed by atoms with Crippen LogP contribution in [-0.2, 0) is 14.3 Å². The topological polar surface area (TPSA) is 73.9 Å². The minimum absolute atomic E-state index is 0.00659. The van der Waals surface area contributed by atoms with Crippen LogP contribution in [0.5, 0.6) is 11.5 Å². The molecule has 1 amide bonds. The van der Waals surface area contributed by atoms with E-state index in [0.717, 1.165) is 0 Å². The van der Waals surface area contributed by atoms with E-state index in [2.05, 4.69) is 5.32 Å². The Bertz CT molecular complexity index is 838. The van der Waals surface area contributed by atoms with Crippen molar-refractivity contribution in [3.8, 4) is 11.5 Å². The van der Waals surface area contributed by atoms with Crippen molar-refractivity contribution in [1.82, 2.24) is 0 Å². The summed E-state index contributed by atoms with van der Waals surface area (Å²) in [6.45, 7) is 3.04. The maximum atomic E-state index is 13.5. The third kappa shape index (κ3) is 3.93. The molecule has 0 fully saturated rings. The first-order chi connectivity index (χ1) is 12.4. The van der Waals surface area contributed by atoms with E-state index < -0.39 is 29.9 Å². The SMILES string of the molecule is Cc1ccc(NC(=O)[C@H](C)OC(=O)[C@@H]2COc3ccccc3O2)cc1F. The highest BCUT2D eigenvalue weighted by molar-refractivity contribution is 5.95. The Morgan fingerprint density at radius 1 is 1.23 bits per heavy atom. The zero-order valence-corrected chi connectivity index (χ0v) is 14.3. The van der Waals surface area contributed by atoms with Crippen molar-refractivity contribution in [3.63, 3.8) is 0 Å². The van der Waals surface area contributed by atoms with Gasteiger partial charge in [-0.3, -0.25) is 4.79 Å². The summed E-state index contributed by atoms with van der Waals surface area (Å²) in [5.41, 5.74) is 0.754. The lowest BCUT2D eigenvalue weighted by atomic mass is 10.2. The average molecular weight is 359 g/mol. The molecule has 7 heteroatoms. The molecule has 0 radical (unpaired) electrons. The molecule has 0 aliphatic carbocycles. The van der Waals surface area contributed by atoms with Crippen molar-refractivity contribution in [1.29, 1.82) is 0 Å². The first-order valence-corrected chi connectivity index (χ1v) is 8.10. The van der Waals surface area contributed by atoms with E-state index in [4.69, 9.17) is 14.2 Å². The largest absolute Gasteiger partial charge is 0.485 e. The van der Waals surface area contributed by atoms with Gasteiger partial charge >= 0.3 is 5.97 Å². The first kappa shape index (κ1) is 17.7. The van der Waals surface area contributed by atoms with Crippen LogP contribution < -0.4 is 14.8 Å². The third-order valence-electron chi connectivity index (χ3n) is 3.87. The lowest BCUT2D eigenvalue weighted by Crippen LogP contribution is -2.41. The summed E-state index contributed by atoms with van der Waals surface area (Å²) in [6, 6.07) is 11.3. The van der Waals surface area contributed by atoms with Crippen molar-refractivity contribution < 1.29 is 28.2 Å². The summed E-state index contributed by atoms with van der Waals surface area (Å²) in [5, 5.41) is 2.51. The van der Waals surface area contributed by atoms with Gasteiger partial charge in [0, 0.05) is 5.69 Å². The van der Waals surface area contributed by atoms with Crippen molar-refractivity contribution in [2.24, 2.45) is 0 Å². The molecule has 0 saturated carbocycles. The molecule has 1 aliphatic heterocycles. The number of carbonyl (C=O) groups excluding carboxylic acids is 2. The predicted molar refractivity (Wildman–Crippen MR) is 91.7 cm³/mol. The van der Waals surface area contributed by atoms with Gasteiger partial charge in [-0.05, 0) is 43.7 Å². The number of hydrogen-bond donors (Lipinski definition) is 1. The molecule has 0 bridgehead atoms. The summed E-state index contributed by atoms with van der Waals surface area (Å²) < 4.78 is 29.7. The molecule has 0 spiro atoms. The number of aryl methyl sites for hydroxylation is 1. The Morgan fingerprint density at radius 3 is 2.69 bits per heavy atom. The zero-order valence-electron chi connectivity index (χ0n) is 14.3. The fourth-order valence-corrected chi connectivity index (χ4v) is 2.35. The van der Waals surface area contributed by atoms with Gasteiger partial charge in [-0.25, -0.2) is 9.18 Å². The van der Waals surface area contributed by atoms with Crippen LogP contribution in [0.25, 0.3) is 0 Å². The molecule has 0 aromatic heterocycles. The van der Waals surface area contributed by atoms with Gasteiger partial charge < -0.3 is 19.5 Å². The van der Waals surface area contributed by atoms with Crippen LogP contribution >= 0.6 is 0 Å². The van der Waals surface area contributed by atoms with Crippen molar-refractivity contribution in [3.05, 3.63) is 53.8 Å². The summed E-state index contributed by atoms with van der Waals surface area (Å²) in [4.78, 5) is 24.3. The molecule has 1 heterocycles. The molecule has 0 unspecified atom stereocenters. The van der Waals surface area contributed by atoms with Gasteiger partial charge in [0.05, 0.1) is 0 Å². The predicted octanol–water partition coefficient (Wildman–Crippen LogP) is 2.84. The summed E-state index contributed by atoms with van der Waals surface area (Å²) in [7, 11) is 0. The molecule has 2 aromatic rings. The lowest BCUT2D eigenvalue weighted by molar-refractivity contribution is -0.162. The number of nitrogens with one attached hydrogen (secondary N) is 1. The molecule has 2 atom stereocenters. The fraction of sp³-hybridized carbons (Fsp3) is 0.263. The van der Waals surface area contributed by atoms with E-state index in [1.54, 1.807) is 43.3 Å². The molecule has 2 aromatic carbocycles. The smallest absolute Gasteiger partial charge is 0.351 e. The molecule has 0 saturated heterocycles. The molecule has 1 N–H and O–H groups in total. The molecular formula is C19H18FNO5. The maximum Gasteiger partial charge on any atom is 0.351 e. The number of benzene rings is 2. The second-order valence-corrected chi connectivity index (χ2v) is 5.90. The molecule has 3 rings (SSSR count). The highest BCUT2D eigenvalue weighted by atomic mass is 19.1. The minimum atomic E-state index is -1.08. The van der Waals surface area contributed by atoms with E-state index in [9.17, 15) is 14.0 Å². The van der Waals surface area contributed by atoms with Gasteiger partial charge in [0.2, 0.25) is 6.10 Å². The average Bonchev–Trinajstić information content (AvgIpc) is 2.64. The maximum absolute atomic E-state index is 13.5. The number of ether oxygens (including phenoxy) is 3. The van der Waals surface area contributed by atoms with Crippen molar-refractivity contribution in [2.75, 3.05) is 11.9 Å². The highest BCUT2D eigenvalue weighted by Gasteiger charge is 2.31. The van der Waals surface area contributed by atoms with Crippen LogP contribution in [0.2, 0.25) is 0 Å². The molecule has 6 nitrogen and oxygen atoms in total. The fourth-order valence-electron chi connectivity index (χ4n) is 2.35. The van der Waals surface area contributed by atoms with E-state index in [1.807, 2.05) is 0 Å². The Labute approximate surface area is 149 Å². The van der Waals surface area contributed by atoms with Crippen LogP contribution in [0.1, 0.15) is 12.5 Å². The van der Waals surface area contributed by atoms with Gasteiger partial charge in [0.25, 0.3) is 5.91 Å². The van der Waals surface area contributed by atoms with Crippen LogP contribution in [0.4, 0.5) is 10.1 Å². The first-order valence-electron chi connectivity index (χ1n) is 8.10. The number of anilines is 1. The van der Waals surface area contributed by atoms with Gasteiger partial charge in [0.15, 0.2) is 17.6 Å². The molecule has 26 heavy (non-hydrogen) atoms. The Kier molecular flexibility index (Phi) is 5.06. The number of amides is 1. The van der Waals surface area contributed by atoms with E-state index in [1.165, 1.54) is 13.0 Å². The minimum Gasteiger partial charge on any atom is -0.485 e. The van der Waals surface area contributed by atoms with E-state index in [-0.39, 0.29) is 12.3 Å². The number of rotatable bonds is 4. The second-order valence-electron chi connectivity index (χ2n) is 5.90. The number of esters is 1. The normalized spacial score (nSPS) is 16.5. The lowest BCUT2D eigenvalue weighted by Gasteiger charge is -2.25. The Morgan fingerprint density at radius 2 is 1.96 bits per heavy atom. The molecular weight excluding hydrogens is 341 g/mol. The van der Waals surface area contributed by atoms with E-state index in [0.29, 0.717) is 17.1 Å². The van der Waals surface area contributed by atoms with E-state index >= 15 is 0 Å². The number of halogens is 1. The van der Waals surface area contributed by atoms with Crippen LogP contribution in [-0.4, -0.2) is 30.7 Å². The van der Waals surface area contributed by atoms with Crippen LogP contribution in [0.3, 0.4) is 0 Å². The van der Waals surface area contributed by atoms with Crippen molar-refractivity contribution in [2.45, 2.75) is 26.1 Å². The monoisotopic (exact) mass is 359 g/mol. The summed E-state index contributed by atoms with van der Waals surface area (Å²) >= 11 is 0. The summed E-state index contributed by atoms with van der Waals surface area (Å²) in [5.74, 6) is -0.730. The third-order valence-corrected chi connectivity index (χ3v) is 3.87. The standard InChI is InChI=1S/C19H18FNO5/c1-11-7-8-13(9-14(11)20)21-18(22)12(2)25-19(23)17-10-24-15-5-3-4-6-16(15)26-17/h3-9,12,17H,10H2,1-2H3,(H,21,22)/t12-,17-/m0/s1. The van der Waals surface area contributed by atoms with Crippen LogP contribution in [0.15, 0.2) is 42.5 Å². The van der Waals surface area contributed by atoms with Gasteiger partial charge in [-0.2, -0.15) is 0 Å². The van der Waals surface area contributed by atoms with Gasteiger partial charge in [-0.15, -0.1) is 0 Å². The molecule has 136 valence electrons. The number of hydrogen-bond acceptors (Lipinski definition) is 5.